The van der Waals surface area contributed by atoms with Gasteiger partial charge in [-0.25, -0.2) is 0 Å². The molecule has 108 valence electrons. The largest absolute Gasteiger partial charge is 0.496 e. The Morgan fingerprint density at radius 3 is 2.80 bits per heavy atom. The zero-order valence-corrected chi connectivity index (χ0v) is 11.7. The summed E-state index contributed by atoms with van der Waals surface area (Å²) in [6, 6.07) is 4.77. The Morgan fingerprint density at radius 1 is 1.45 bits per heavy atom. The van der Waals surface area contributed by atoms with Crippen LogP contribution in [0.3, 0.4) is 0 Å². The van der Waals surface area contributed by atoms with Crippen molar-refractivity contribution < 1.29 is 14.5 Å². The molecule has 0 N–H and O–H groups in total. The summed E-state index contributed by atoms with van der Waals surface area (Å²) in [5.41, 5.74) is 0.859. The Balaban J connectivity index is 2.14. The maximum Gasteiger partial charge on any atom is 0.273 e. The lowest BCUT2D eigenvalue weighted by molar-refractivity contribution is -0.385. The number of Topliss-reactive ketones (excluding diaryl/α,β-unsaturated/α-hetero) is 1. The highest BCUT2D eigenvalue weighted by atomic mass is 16.6. The van der Waals surface area contributed by atoms with Crippen LogP contribution in [0.15, 0.2) is 18.2 Å². The number of carbonyl (C=O) groups is 1. The zero-order chi connectivity index (χ0) is 14.7. The van der Waals surface area contributed by atoms with E-state index in [1.807, 2.05) is 6.92 Å². The van der Waals surface area contributed by atoms with Crippen LogP contribution < -0.4 is 4.74 Å². The van der Waals surface area contributed by atoms with Gasteiger partial charge in [-0.3, -0.25) is 19.8 Å². The Bertz CT molecular complexity index is 530. The first-order valence-electron chi connectivity index (χ1n) is 6.57. The van der Waals surface area contributed by atoms with Gasteiger partial charge in [0.05, 0.1) is 18.1 Å². The molecule has 0 radical (unpaired) electrons. The Morgan fingerprint density at radius 2 is 2.20 bits per heavy atom. The quantitative estimate of drug-likeness (QED) is 0.622. The molecule has 0 amide bonds. The van der Waals surface area contributed by atoms with Crippen LogP contribution in [0, 0.1) is 16.0 Å². The third-order valence-electron chi connectivity index (χ3n) is 3.56. The van der Waals surface area contributed by atoms with Crippen LogP contribution in [0.5, 0.6) is 5.75 Å². The van der Waals surface area contributed by atoms with Gasteiger partial charge < -0.3 is 4.74 Å². The van der Waals surface area contributed by atoms with Crippen molar-refractivity contribution >= 4 is 11.5 Å². The second-order valence-corrected chi connectivity index (χ2v) is 5.15. The number of likely N-dealkylation sites (tertiary alicyclic amines) is 1. The second-order valence-electron chi connectivity index (χ2n) is 5.15. The van der Waals surface area contributed by atoms with Crippen LogP contribution in [0.4, 0.5) is 5.69 Å². The predicted molar refractivity (Wildman–Crippen MR) is 73.7 cm³/mol. The molecule has 1 aromatic carbocycles. The lowest BCUT2D eigenvalue weighted by atomic mass is 9.98. The van der Waals surface area contributed by atoms with Gasteiger partial charge in [0.2, 0.25) is 0 Å². The van der Waals surface area contributed by atoms with Crippen LogP contribution in [-0.4, -0.2) is 35.8 Å². The van der Waals surface area contributed by atoms with E-state index in [-0.39, 0.29) is 17.4 Å². The number of ketones is 1. The lowest BCUT2D eigenvalue weighted by Crippen LogP contribution is -2.39. The number of nitro benzene ring substituents is 1. The summed E-state index contributed by atoms with van der Waals surface area (Å²) in [6.07, 6.45) is 0.549. The number of ether oxygens (including phenoxy) is 1. The molecule has 0 aromatic heterocycles. The molecule has 1 aromatic rings. The fraction of sp³-hybridized carbons (Fsp3) is 0.500. The number of hydrogen-bond acceptors (Lipinski definition) is 5. The van der Waals surface area contributed by atoms with Crippen molar-refractivity contribution in [2.45, 2.75) is 19.9 Å². The summed E-state index contributed by atoms with van der Waals surface area (Å²) in [7, 11) is 1.49. The van der Waals surface area contributed by atoms with E-state index in [0.29, 0.717) is 31.8 Å². The van der Waals surface area contributed by atoms with Gasteiger partial charge in [-0.1, -0.05) is 6.92 Å². The minimum atomic E-state index is -0.422. The molecule has 0 bridgehead atoms. The number of nitro groups is 1. The zero-order valence-electron chi connectivity index (χ0n) is 11.7. The maximum atomic E-state index is 11.5. The van der Waals surface area contributed by atoms with Gasteiger partial charge >= 0.3 is 0 Å². The second kappa shape index (κ2) is 6.00. The number of rotatable bonds is 4. The van der Waals surface area contributed by atoms with E-state index in [0.717, 1.165) is 5.56 Å². The normalized spacial score (nSPS) is 19.9. The standard InChI is InChI=1S/C14H18N2O4/c1-10-8-15(4-3-14(10)17)9-11-5-12(16(18)19)7-13(6-11)20-2/h5-7,10H,3-4,8-9H2,1-2H3. The van der Waals surface area contributed by atoms with Gasteiger partial charge in [0.1, 0.15) is 11.5 Å². The number of hydrogen-bond donors (Lipinski definition) is 0. The fourth-order valence-corrected chi connectivity index (χ4v) is 2.45. The Labute approximate surface area is 117 Å². The highest BCUT2D eigenvalue weighted by Crippen LogP contribution is 2.24. The topological polar surface area (TPSA) is 72.7 Å². The van der Waals surface area contributed by atoms with Gasteiger partial charge in [0, 0.05) is 38.0 Å². The first-order valence-corrected chi connectivity index (χ1v) is 6.57. The molecule has 0 aliphatic carbocycles. The highest BCUT2D eigenvalue weighted by Gasteiger charge is 2.23. The average molecular weight is 278 g/mol. The van der Waals surface area contributed by atoms with Gasteiger partial charge in [0.25, 0.3) is 5.69 Å². The highest BCUT2D eigenvalue weighted by molar-refractivity contribution is 5.81. The summed E-state index contributed by atoms with van der Waals surface area (Å²) >= 11 is 0. The number of non-ortho nitro benzene ring substituents is 1. The van der Waals surface area contributed by atoms with E-state index >= 15 is 0 Å². The van der Waals surface area contributed by atoms with E-state index in [9.17, 15) is 14.9 Å². The van der Waals surface area contributed by atoms with E-state index in [4.69, 9.17) is 4.74 Å². The van der Waals surface area contributed by atoms with Crippen molar-refractivity contribution in [1.29, 1.82) is 0 Å². The first-order chi connectivity index (χ1) is 9.49. The smallest absolute Gasteiger partial charge is 0.273 e. The number of methoxy groups -OCH3 is 1. The Hall–Kier alpha value is -1.95. The van der Waals surface area contributed by atoms with Crippen molar-refractivity contribution in [3.8, 4) is 5.75 Å². The minimum absolute atomic E-state index is 0.0282. The molecule has 0 spiro atoms. The molecule has 6 nitrogen and oxygen atoms in total. The van der Waals surface area contributed by atoms with E-state index in [1.165, 1.54) is 13.2 Å². The molecule has 1 aliphatic rings. The lowest BCUT2D eigenvalue weighted by Gasteiger charge is -2.29. The Kier molecular flexibility index (Phi) is 4.34. The molecule has 1 heterocycles. The molecule has 20 heavy (non-hydrogen) atoms. The van der Waals surface area contributed by atoms with E-state index < -0.39 is 4.92 Å². The van der Waals surface area contributed by atoms with Crippen LogP contribution in [-0.2, 0) is 11.3 Å². The molecular weight excluding hydrogens is 260 g/mol. The fourth-order valence-electron chi connectivity index (χ4n) is 2.45. The molecule has 1 unspecified atom stereocenters. The molecule has 0 saturated carbocycles. The molecule has 1 atom stereocenters. The molecule has 1 fully saturated rings. The first kappa shape index (κ1) is 14.5. The van der Waals surface area contributed by atoms with Crippen LogP contribution in [0.1, 0.15) is 18.9 Å². The SMILES string of the molecule is COc1cc(CN2CCC(=O)C(C)C2)cc([N+](=O)[O-])c1. The van der Waals surface area contributed by atoms with Crippen molar-refractivity contribution in [2.75, 3.05) is 20.2 Å². The summed E-state index contributed by atoms with van der Waals surface area (Å²) in [4.78, 5) is 24.1. The molecule has 6 heteroatoms. The van der Waals surface area contributed by atoms with Crippen molar-refractivity contribution in [2.24, 2.45) is 5.92 Å². The van der Waals surface area contributed by atoms with Crippen molar-refractivity contribution in [1.82, 2.24) is 4.90 Å². The number of piperidine rings is 1. The van der Waals surface area contributed by atoms with Crippen molar-refractivity contribution in [3.05, 3.63) is 33.9 Å². The number of benzene rings is 1. The minimum Gasteiger partial charge on any atom is -0.496 e. The maximum absolute atomic E-state index is 11.5. The average Bonchev–Trinajstić information content (AvgIpc) is 2.42. The predicted octanol–water partition coefficient (Wildman–Crippen LogP) is 2.01. The van der Waals surface area contributed by atoms with Crippen LogP contribution in [0.2, 0.25) is 0 Å². The number of carbonyl (C=O) groups excluding carboxylic acids is 1. The summed E-state index contributed by atoms with van der Waals surface area (Å²) in [6.45, 7) is 3.91. The van der Waals surface area contributed by atoms with E-state index in [2.05, 4.69) is 4.90 Å². The van der Waals surface area contributed by atoms with Crippen molar-refractivity contribution in [3.63, 3.8) is 0 Å². The van der Waals surface area contributed by atoms with Gasteiger partial charge in [-0.2, -0.15) is 0 Å². The summed E-state index contributed by atoms with van der Waals surface area (Å²) < 4.78 is 5.10. The molecule has 1 aliphatic heterocycles. The summed E-state index contributed by atoms with van der Waals surface area (Å²) in [5.74, 6) is 0.803. The molecular formula is C14H18N2O4. The van der Waals surface area contributed by atoms with Gasteiger partial charge in [-0.15, -0.1) is 0 Å². The summed E-state index contributed by atoms with van der Waals surface area (Å²) in [5, 5.41) is 10.9. The molecule has 1 saturated heterocycles. The monoisotopic (exact) mass is 278 g/mol. The van der Waals surface area contributed by atoms with Crippen LogP contribution in [0.25, 0.3) is 0 Å². The molecule has 2 rings (SSSR count). The number of nitrogens with zero attached hydrogens (tertiary/aromatic N) is 2. The van der Waals surface area contributed by atoms with Gasteiger partial charge in [-0.05, 0) is 11.6 Å². The third kappa shape index (κ3) is 3.33. The van der Waals surface area contributed by atoms with E-state index in [1.54, 1.807) is 12.1 Å². The van der Waals surface area contributed by atoms with Gasteiger partial charge in [0.15, 0.2) is 0 Å². The third-order valence-corrected chi connectivity index (χ3v) is 3.56. The van der Waals surface area contributed by atoms with Crippen LogP contribution >= 0.6 is 0 Å².